The predicted molar refractivity (Wildman–Crippen MR) is 65.9 cm³/mol. The SMILES string of the molecule is CC1CCN(CC2(CC(N)=NO)CC2)C1CO. The second kappa shape index (κ2) is 4.82. The summed E-state index contributed by atoms with van der Waals surface area (Å²) in [5.41, 5.74) is 5.80. The third-order valence-corrected chi connectivity index (χ3v) is 4.36. The van der Waals surface area contributed by atoms with Crippen molar-refractivity contribution in [1.29, 1.82) is 0 Å². The molecule has 0 radical (unpaired) electrons. The summed E-state index contributed by atoms with van der Waals surface area (Å²) in [6, 6.07) is 0.291. The first-order valence-electron chi connectivity index (χ1n) is 6.41. The van der Waals surface area contributed by atoms with E-state index in [1.807, 2.05) is 0 Å². The highest BCUT2D eigenvalue weighted by atomic mass is 16.4. The van der Waals surface area contributed by atoms with E-state index < -0.39 is 0 Å². The molecule has 1 aliphatic heterocycles. The van der Waals surface area contributed by atoms with Crippen LogP contribution in [0, 0.1) is 11.3 Å². The quantitative estimate of drug-likeness (QED) is 0.285. The fourth-order valence-electron chi connectivity index (χ4n) is 3.00. The number of hydrogen-bond acceptors (Lipinski definition) is 4. The van der Waals surface area contributed by atoms with E-state index in [0.717, 1.165) is 32.4 Å². The molecule has 1 saturated heterocycles. The highest BCUT2D eigenvalue weighted by Gasteiger charge is 2.46. The minimum atomic E-state index is 0.202. The maximum Gasteiger partial charge on any atom is 0.139 e. The van der Waals surface area contributed by atoms with Gasteiger partial charge in [0.2, 0.25) is 0 Å². The second-order valence-corrected chi connectivity index (χ2v) is 5.75. The Kier molecular flexibility index (Phi) is 3.58. The Morgan fingerprint density at radius 2 is 2.24 bits per heavy atom. The number of rotatable bonds is 5. The molecule has 2 atom stereocenters. The molecule has 98 valence electrons. The molecule has 1 heterocycles. The standard InChI is InChI=1S/C12H23N3O2/c1-9-2-5-15(10(9)7-16)8-12(3-4-12)6-11(13)14-17/h9-10,16-17H,2-8H2,1H3,(H2,13,14). The van der Waals surface area contributed by atoms with Crippen LogP contribution in [0.15, 0.2) is 5.16 Å². The molecule has 1 aliphatic carbocycles. The summed E-state index contributed by atoms with van der Waals surface area (Å²) in [4.78, 5) is 2.38. The third-order valence-electron chi connectivity index (χ3n) is 4.36. The van der Waals surface area contributed by atoms with Crippen LogP contribution in [0.4, 0.5) is 0 Å². The molecule has 17 heavy (non-hydrogen) atoms. The van der Waals surface area contributed by atoms with Crippen molar-refractivity contribution in [3.63, 3.8) is 0 Å². The normalized spacial score (nSPS) is 32.9. The van der Waals surface area contributed by atoms with E-state index in [9.17, 15) is 5.11 Å². The first kappa shape index (κ1) is 12.6. The minimum absolute atomic E-state index is 0.202. The van der Waals surface area contributed by atoms with Crippen molar-refractivity contribution in [2.24, 2.45) is 22.2 Å². The number of likely N-dealkylation sites (tertiary alicyclic amines) is 1. The van der Waals surface area contributed by atoms with Crippen LogP contribution in [-0.2, 0) is 0 Å². The van der Waals surface area contributed by atoms with E-state index in [-0.39, 0.29) is 12.0 Å². The maximum absolute atomic E-state index is 9.42. The van der Waals surface area contributed by atoms with Crippen molar-refractivity contribution in [1.82, 2.24) is 4.90 Å². The van der Waals surface area contributed by atoms with E-state index in [0.29, 0.717) is 24.2 Å². The lowest BCUT2D eigenvalue weighted by atomic mass is 9.99. The monoisotopic (exact) mass is 241 g/mol. The summed E-state index contributed by atoms with van der Waals surface area (Å²) in [6.45, 7) is 4.47. The van der Waals surface area contributed by atoms with Gasteiger partial charge in [-0.2, -0.15) is 0 Å². The molecular formula is C12H23N3O2. The van der Waals surface area contributed by atoms with E-state index in [4.69, 9.17) is 10.9 Å². The lowest BCUT2D eigenvalue weighted by molar-refractivity contribution is 0.120. The highest BCUT2D eigenvalue weighted by molar-refractivity contribution is 5.80. The van der Waals surface area contributed by atoms with E-state index >= 15 is 0 Å². The topological polar surface area (TPSA) is 82.1 Å². The van der Waals surface area contributed by atoms with Crippen LogP contribution in [0.2, 0.25) is 0 Å². The molecule has 0 aromatic heterocycles. The Balaban J connectivity index is 1.92. The highest BCUT2D eigenvalue weighted by Crippen LogP contribution is 2.50. The van der Waals surface area contributed by atoms with Gasteiger partial charge in [0.25, 0.3) is 0 Å². The Hall–Kier alpha value is -0.810. The summed E-state index contributed by atoms with van der Waals surface area (Å²) in [6.07, 6.45) is 4.12. The Bertz CT molecular complexity index is 302. The molecule has 0 spiro atoms. The van der Waals surface area contributed by atoms with Crippen LogP contribution in [0.3, 0.4) is 0 Å². The number of hydrogen-bond donors (Lipinski definition) is 3. The van der Waals surface area contributed by atoms with Gasteiger partial charge in [-0.15, -0.1) is 0 Å². The van der Waals surface area contributed by atoms with Crippen LogP contribution < -0.4 is 5.73 Å². The average molecular weight is 241 g/mol. The van der Waals surface area contributed by atoms with Gasteiger partial charge in [0, 0.05) is 19.0 Å². The van der Waals surface area contributed by atoms with Crippen molar-refractivity contribution >= 4 is 5.84 Å². The van der Waals surface area contributed by atoms with Gasteiger partial charge in [-0.05, 0) is 37.1 Å². The Morgan fingerprint density at radius 3 is 2.76 bits per heavy atom. The molecule has 1 saturated carbocycles. The van der Waals surface area contributed by atoms with E-state index in [1.165, 1.54) is 0 Å². The van der Waals surface area contributed by atoms with Crippen molar-refractivity contribution in [2.45, 2.75) is 38.6 Å². The van der Waals surface area contributed by atoms with E-state index in [1.54, 1.807) is 0 Å². The molecule has 0 amide bonds. The van der Waals surface area contributed by atoms with Gasteiger partial charge in [-0.1, -0.05) is 12.1 Å². The molecule has 5 heteroatoms. The first-order chi connectivity index (χ1) is 8.10. The molecule has 0 bridgehead atoms. The minimum Gasteiger partial charge on any atom is -0.409 e. The van der Waals surface area contributed by atoms with Crippen LogP contribution in [0.25, 0.3) is 0 Å². The van der Waals surface area contributed by atoms with Crippen LogP contribution in [-0.4, -0.2) is 46.8 Å². The lowest BCUT2D eigenvalue weighted by Crippen LogP contribution is -2.40. The van der Waals surface area contributed by atoms with Crippen molar-refractivity contribution in [3.8, 4) is 0 Å². The number of nitrogens with two attached hydrogens (primary N) is 1. The average Bonchev–Trinajstić information content (AvgIpc) is 2.96. The number of nitrogens with zero attached hydrogens (tertiary/aromatic N) is 2. The van der Waals surface area contributed by atoms with Gasteiger partial charge in [0.15, 0.2) is 0 Å². The van der Waals surface area contributed by atoms with Crippen molar-refractivity contribution < 1.29 is 10.3 Å². The summed E-state index contributed by atoms with van der Waals surface area (Å²) in [5.74, 6) is 0.898. The number of aliphatic hydroxyl groups is 1. The predicted octanol–water partition coefficient (Wildman–Crippen LogP) is 0.606. The molecule has 2 rings (SSSR count). The molecular weight excluding hydrogens is 218 g/mol. The number of oxime groups is 1. The summed E-state index contributed by atoms with van der Waals surface area (Å²) in [7, 11) is 0. The largest absolute Gasteiger partial charge is 0.409 e. The van der Waals surface area contributed by atoms with Gasteiger partial charge in [-0.3, -0.25) is 4.90 Å². The van der Waals surface area contributed by atoms with Crippen molar-refractivity contribution in [2.75, 3.05) is 19.7 Å². The molecule has 2 unspecified atom stereocenters. The zero-order chi connectivity index (χ0) is 12.5. The summed E-state index contributed by atoms with van der Waals surface area (Å²) >= 11 is 0. The summed E-state index contributed by atoms with van der Waals surface area (Å²) in [5, 5.41) is 21.1. The Labute approximate surface area is 102 Å². The van der Waals surface area contributed by atoms with Gasteiger partial charge in [-0.25, -0.2) is 0 Å². The van der Waals surface area contributed by atoms with Crippen LogP contribution in [0.1, 0.15) is 32.6 Å². The van der Waals surface area contributed by atoms with Gasteiger partial charge >= 0.3 is 0 Å². The fraction of sp³-hybridized carbons (Fsp3) is 0.917. The lowest BCUT2D eigenvalue weighted by Gasteiger charge is -2.29. The fourth-order valence-corrected chi connectivity index (χ4v) is 3.00. The molecule has 0 aromatic carbocycles. The molecule has 0 aromatic rings. The summed E-state index contributed by atoms with van der Waals surface area (Å²) < 4.78 is 0. The van der Waals surface area contributed by atoms with E-state index in [2.05, 4.69) is 17.0 Å². The van der Waals surface area contributed by atoms with Crippen LogP contribution in [0.5, 0.6) is 0 Å². The molecule has 5 nitrogen and oxygen atoms in total. The van der Waals surface area contributed by atoms with Crippen LogP contribution >= 0.6 is 0 Å². The molecule has 2 aliphatic rings. The second-order valence-electron chi connectivity index (χ2n) is 5.75. The Morgan fingerprint density at radius 1 is 1.53 bits per heavy atom. The molecule has 2 fully saturated rings. The van der Waals surface area contributed by atoms with Gasteiger partial charge in [0.05, 0.1) is 6.61 Å². The first-order valence-corrected chi connectivity index (χ1v) is 6.41. The molecule has 4 N–H and O–H groups in total. The maximum atomic E-state index is 9.42. The third kappa shape index (κ3) is 2.72. The van der Waals surface area contributed by atoms with Gasteiger partial charge in [0.1, 0.15) is 5.84 Å². The van der Waals surface area contributed by atoms with Crippen molar-refractivity contribution in [3.05, 3.63) is 0 Å². The zero-order valence-corrected chi connectivity index (χ0v) is 10.5. The smallest absolute Gasteiger partial charge is 0.139 e. The number of amidine groups is 1. The van der Waals surface area contributed by atoms with Gasteiger partial charge < -0.3 is 16.0 Å². The zero-order valence-electron chi connectivity index (χ0n) is 10.5. The number of aliphatic hydroxyl groups excluding tert-OH is 1.